The van der Waals surface area contributed by atoms with E-state index in [0.717, 1.165) is 34.4 Å². The molecular formula is C18H18N4OS2. The highest BCUT2D eigenvalue weighted by Gasteiger charge is 2.24. The van der Waals surface area contributed by atoms with Gasteiger partial charge in [0.05, 0.1) is 11.1 Å². The fourth-order valence-corrected chi connectivity index (χ4v) is 4.95. The molecular weight excluding hydrogens is 352 g/mol. The van der Waals surface area contributed by atoms with E-state index >= 15 is 0 Å². The molecule has 25 heavy (non-hydrogen) atoms. The first-order valence-corrected chi connectivity index (χ1v) is 9.89. The zero-order valence-electron chi connectivity index (χ0n) is 14.1. The van der Waals surface area contributed by atoms with Gasteiger partial charge >= 0.3 is 0 Å². The average molecular weight is 371 g/mol. The Kier molecular flexibility index (Phi) is 4.13. The third-order valence-electron chi connectivity index (χ3n) is 4.55. The van der Waals surface area contributed by atoms with Gasteiger partial charge in [0, 0.05) is 17.1 Å². The summed E-state index contributed by atoms with van der Waals surface area (Å²) in [4.78, 5) is 25.5. The summed E-state index contributed by atoms with van der Waals surface area (Å²) in [6, 6.07) is 8.06. The number of aryl methyl sites for hydroxylation is 2. The van der Waals surface area contributed by atoms with Crippen LogP contribution in [0.25, 0.3) is 10.2 Å². The number of nitrogens with two attached hydrogens (primary N) is 1. The summed E-state index contributed by atoms with van der Waals surface area (Å²) < 4.78 is 0. The number of amides is 1. The molecule has 2 N–H and O–H groups in total. The SMILES string of the molecule is Cc1sc2nc(SCC(=O)N3CCc4ccccc43)nc(N)c2c1C. The molecule has 0 unspecified atom stereocenters. The number of fused-ring (bicyclic) bond motifs is 2. The number of anilines is 2. The number of aromatic nitrogens is 2. The molecule has 0 radical (unpaired) electrons. The molecule has 1 aliphatic heterocycles. The van der Waals surface area contributed by atoms with Crippen LogP contribution in [0.4, 0.5) is 11.5 Å². The smallest absolute Gasteiger partial charge is 0.237 e. The van der Waals surface area contributed by atoms with Gasteiger partial charge in [-0.05, 0) is 37.5 Å². The molecule has 0 spiro atoms. The van der Waals surface area contributed by atoms with Gasteiger partial charge < -0.3 is 10.6 Å². The number of rotatable bonds is 3. The Hall–Kier alpha value is -2.12. The first-order chi connectivity index (χ1) is 12.0. The van der Waals surface area contributed by atoms with E-state index in [2.05, 4.69) is 23.0 Å². The molecule has 3 heterocycles. The standard InChI is InChI=1S/C18H18N4OS2/c1-10-11(2)25-17-15(10)16(19)20-18(21-17)24-9-14(23)22-8-7-12-5-3-4-6-13(12)22/h3-6H,7-9H2,1-2H3,(H2,19,20,21). The van der Waals surface area contributed by atoms with Crippen molar-refractivity contribution >= 4 is 50.7 Å². The van der Waals surface area contributed by atoms with Crippen molar-refractivity contribution in [3.8, 4) is 0 Å². The summed E-state index contributed by atoms with van der Waals surface area (Å²) in [5.41, 5.74) is 9.50. The number of hydrogen-bond donors (Lipinski definition) is 1. The second-order valence-corrected chi connectivity index (χ2v) is 8.21. The Bertz CT molecular complexity index is 983. The summed E-state index contributed by atoms with van der Waals surface area (Å²) in [5, 5.41) is 1.50. The highest BCUT2D eigenvalue weighted by molar-refractivity contribution is 7.99. The molecule has 0 saturated carbocycles. The number of carbonyl (C=O) groups excluding carboxylic acids is 1. The molecule has 0 bridgehead atoms. The van der Waals surface area contributed by atoms with Crippen molar-refractivity contribution in [2.75, 3.05) is 22.9 Å². The van der Waals surface area contributed by atoms with Gasteiger partial charge in [-0.15, -0.1) is 11.3 Å². The summed E-state index contributed by atoms with van der Waals surface area (Å²) >= 11 is 2.96. The minimum Gasteiger partial charge on any atom is -0.383 e. The largest absolute Gasteiger partial charge is 0.383 e. The summed E-state index contributed by atoms with van der Waals surface area (Å²) in [6.07, 6.45) is 0.912. The van der Waals surface area contributed by atoms with E-state index < -0.39 is 0 Å². The fraction of sp³-hybridized carbons (Fsp3) is 0.278. The topological polar surface area (TPSA) is 72.1 Å². The van der Waals surface area contributed by atoms with Crippen LogP contribution in [0.5, 0.6) is 0 Å². The van der Waals surface area contributed by atoms with Gasteiger partial charge in [0.15, 0.2) is 5.16 Å². The van der Waals surface area contributed by atoms with Crippen LogP contribution in [0, 0.1) is 13.8 Å². The number of nitrogens with zero attached hydrogens (tertiary/aromatic N) is 3. The van der Waals surface area contributed by atoms with Crippen LogP contribution in [-0.4, -0.2) is 28.2 Å². The first-order valence-electron chi connectivity index (χ1n) is 8.09. The van der Waals surface area contributed by atoms with E-state index in [1.807, 2.05) is 30.0 Å². The third kappa shape index (κ3) is 2.87. The molecule has 0 fully saturated rings. The van der Waals surface area contributed by atoms with Gasteiger partial charge in [-0.1, -0.05) is 30.0 Å². The summed E-state index contributed by atoms with van der Waals surface area (Å²) in [7, 11) is 0. The van der Waals surface area contributed by atoms with Gasteiger partial charge in [0.25, 0.3) is 0 Å². The van der Waals surface area contributed by atoms with E-state index in [9.17, 15) is 4.79 Å². The predicted octanol–water partition coefficient (Wildman–Crippen LogP) is 3.57. The highest BCUT2D eigenvalue weighted by atomic mass is 32.2. The number of hydrogen-bond acceptors (Lipinski definition) is 6. The van der Waals surface area contributed by atoms with Crippen molar-refractivity contribution < 1.29 is 4.79 Å². The highest BCUT2D eigenvalue weighted by Crippen LogP contribution is 2.34. The molecule has 0 aliphatic carbocycles. The average Bonchev–Trinajstić information content (AvgIpc) is 3.14. The number of nitrogen functional groups attached to an aromatic ring is 1. The number of thioether (sulfide) groups is 1. The minimum atomic E-state index is 0.0794. The molecule has 1 amide bonds. The van der Waals surface area contributed by atoms with Crippen LogP contribution in [0.2, 0.25) is 0 Å². The van der Waals surface area contributed by atoms with Crippen molar-refractivity contribution in [1.29, 1.82) is 0 Å². The van der Waals surface area contributed by atoms with Gasteiger partial charge in [-0.3, -0.25) is 4.79 Å². The number of benzene rings is 1. The molecule has 128 valence electrons. The maximum absolute atomic E-state index is 12.6. The summed E-state index contributed by atoms with van der Waals surface area (Å²) in [6.45, 7) is 4.83. The molecule has 1 aliphatic rings. The van der Waals surface area contributed by atoms with E-state index in [1.165, 1.54) is 22.2 Å². The van der Waals surface area contributed by atoms with Gasteiger partial charge in [-0.25, -0.2) is 9.97 Å². The Labute approximate surface area is 154 Å². The zero-order chi connectivity index (χ0) is 17.6. The van der Waals surface area contributed by atoms with Crippen molar-refractivity contribution in [1.82, 2.24) is 9.97 Å². The van der Waals surface area contributed by atoms with E-state index in [-0.39, 0.29) is 5.91 Å². The molecule has 0 atom stereocenters. The van der Waals surface area contributed by atoms with E-state index in [0.29, 0.717) is 16.7 Å². The molecule has 5 nitrogen and oxygen atoms in total. The first kappa shape index (κ1) is 16.4. The Morgan fingerprint density at radius 3 is 2.96 bits per heavy atom. The Morgan fingerprint density at radius 1 is 1.32 bits per heavy atom. The van der Waals surface area contributed by atoms with E-state index in [4.69, 9.17) is 5.73 Å². The van der Waals surface area contributed by atoms with Crippen LogP contribution in [-0.2, 0) is 11.2 Å². The summed E-state index contributed by atoms with van der Waals surface area (Å²) in [5.74, 6) is 0.881. The van der Waals surface area contributed by atoms with Crippen molar-refractivity contribution in [3.63, 3.8) is 0 Å². The molecule has 2 aromatic heterocycles. The van der Waals surface area contributed by atoms with Crippen LogP contribution in [0.3, 0.4) is 0 Å². The normalized spacial score (nSPS) is 13.4. The van der Waals surface area contributed by atoms with Crippen molar-refractivity contribution in [2.24, 2.45) is 0 Å². The maximum Gasteiger partial charge on any atom is 0.237 e. The minimum absolute atomic E-state index is 0.0794. The number of thiophene rings is 1. The van der Waals surface area contributed by atoms with Crippen molar-refractivity contribution in [2.45, 2.75) is 25.4 Å². The van der Waals surface area contributed by atoms with Crippen LogP contribution in [0.15, 0.2) is 29.4 Å². The van der Waals surface area contributed by atoms with E-state index in [1.54, 1.807) is 11.3 Å². The number of carbonyl (C=O) groups is 1. The Morgan fingerprint density at radius 2 is 2.12 bits per heavy atom. The van der Waals surface area contributed by atoms with Gasteiger partial charge in [-0.2, -0.15) is 0 Å². The van der Waals surface area contributed by atoms with Gasteiger partial charge in [0.1, 0.15) is 10.6 Å². The molecule has 7 heteroatoms. The molecule has 1 aromatic carbocycles. The molecule has 3 aromatic rings. The lowest BCUT2D eigenvalue weighted by Gasteiger charge is -2.16. The second kappa shape index (κ2) is 6.31. The number of para-hydroxylation sites is 1. The second-order valence-electron chi connectivity index (χ2n) is 6.07. The predicted molar refractivity (Wildman–Crippen MR) is 105 cm³/mol. The quantitative estimate of drug-likeness (QED) is 0.564. The monoisotopic (exact) mass is 370 g/mol. The van der Waals surface area contributed by atoms with Crippen LogP contribution in [0.1, 0.15) is 16.0 Å². The van der Waals surface area contributed by atoms with Crippen LogP contribution < -0.4 is 10.6 Å². The lowest BCUT2D eigenvalue weighted by atomic mass is 10.2. The maximum atomic E-state index is 12.6. The third-order valence-corrected chi connectivity index (χ3v) is 6.48. The lowest BCUT2D eigenvalue weighted by molar-refractivity contribution is -0.116. The van der Waals surface area contributed by atoms with Crippen molar-refractivity contribution in [3.05, 3.63) is 40.3 Å². The van der Waals surface area contributed by atoms with Gasteiger partial charge in [0.2, 0.25) is 5.91 Å². The lowest BCUT2D eigenvalue weighted by Crippen LogP contribution is -2.30. The molecule has 4 rings (SSSR count). The van der Waals surface area contributed by atoms with Crippen LogP contribution >= 0.6 is 23.1 Å². The Balaban J connectivity index is 1.52. The fourth-order valence-electron chi connectivity index (χ4n) is 3.13. The zero-order valence-corrected chi connectivity index (χ0v) is 15.7. The molecule has 0 saturated heterocycles.